The Morgan fingerprint density at radius 1 is 1.24 bits per heavy atom. The van der Waals surface area contributed by atoms with Crippen LogP contribution in [0.15, 0.2) is 24.8 Å². The molecule has 0 amide bonds. The predicted octanol–water partition coefficient (Wildman–Crippen LogP) is 5.07. The minimum absolute atomic E-state index is 0.0225. The molecule has 0 saturated heterocycles. The molecule has 4 saturated carbocycles. The number of hydrogen-bond donors (Lipinski definition) is 0. The van der Waals surface area contributed by atoms with Crippen LogP contribution in [0.25, 0.3) is 6.08 Å². The molecule has 3 nitrogen and oxygen atoms in total. The van der Waals surface area contributed by atoms with E-state index >= 15 is 0 Å². The lowest BCUT2D eigenvalue weighted by molar-refractivity contribution is -0.204. The highest BCUT2D eigenvalue weighted by Gasteiger charge is 2.57. The highest BCUT2D eigenvalue weighted by atomic mass is 127. The second-order valence-electron chi connectivity index (χ2n) is 8.14. The summed E-state index contributed by atoms with van der Waals surface area (Å²) in [6.07, 6.45) is 8.14. The molecule has 4 aliphatic carbocycles. The van der Waals surface area contributed by atoms with Crippen molar-refractivity contribution in [3.63, 3.8) is 0 Å². The van der Waals surface area contributed by atoms with Gasteiger partial charge < -0.3 is 9.47 Å². The number of carbonyl (C=O) groups is 1. The monoisotopic (exact) mass is 452 g/mol. The summed E-state index contributed by atoms with van der Waals surface area (Å²) >= 11 is 2.22. The third-order valence-electron chi connectivity index (χ3n) is 6.63. The van der Waals surface area contributed by atoms with E-state index in [1.807, 2.05) is 18.2 Å². The first-order chi connectivity index (χ1) is 12.0. The molecule has 0 aromatic heterocycles. The maximum Gasteiger partial charge on any atom is 0.344 e. The summed E-state index contributed by atoms with van der Waals surface area (Å²) < 4.78 is 12.7. The lowest BCUT2D eigenvalue weighted by atomic mass is 9.50. The second kappa shape index (κ2) is 6.60. The number of carbonyl (C=O) groups excluding carboxylic acids is 1. The van der Waals surface area contributed by atoms with Crippen LogP contribution in [0.2, 0.25) is 0 Å². The van der Waals surface area contributed by atoms with E-state index < -0.39 is 0 Å². The Balaban J connectivity index is 1.38. The lowest BCUT2D eigenvalue weighted by Gasteiger charge is -2.59. The van der Waals surface area contributed by atoms with E-state index in [2.05, 4.69) is 36.1 Å². The van der Waals surface area contributed by atoms with Crippen LogP contribution in [-0.4, -0.2) is 18.2 Å². The molecule has 0 unspecified atom stereocenters. The molecule has 0 radical (unpaired) electrons. The van der Waals surface area contributed by atoms with Gasteiger partial charge in [0, 0.05) is 0 Å². The van der Waals surface area contributed by atoms with Crippen molar-refractivity contribution in [2.24, 2.45) is 23.7 Å². The number of hydrogen-bond acceptors (Lipinski definition) is 3. The maximum atomic E-state index is 12.5. The largest absolute Gasteiger partial charge is 0.481 e. The molecule has 0 N–H and O–H groups in total. The van der Waals surface area contributed by atoms with E-state index in [1.54, 1.807) is 6.08 Å². The number of esters is 1. The molecule has 0 aliphatic heterocycles. The zero-order valence-electron chi connectivity index (χ0n) is 14.7. The number of benzene rings is 1. The van der Waals surface area contributed by atoms with Crippen molar-refractivity contribution in [2.75, 3.05) is 6.61 Å². The normalized spacial score (nSPS) is 35.4. The Morgan fingerprint density at radius 3 is 2.44 bits per heavy atom. The summed E-state index contributed by atoms with van der Waals surface area (Å²) in [7, 11) is 0. The van der Waals surface area contributed by atoms with E-state index in [1.165, 1.54) is 32.1 Å². The summed E-state index contributed by atoms with van der Waals surface area (Å²) in [6, 6.07) is 5.82. The van der Waals surface area contributed by atoms with Gasteiger partial charge in [-0.15, -0.1) is 0 Å². The fraction of sp³-hybridized carbons (Fsp3) is 0.571. The van der Waals surface area contributed by atoms with Crippen molar-refractivity contribution in [2.45, 2.75) is 44.6 Å². The number of rotatable bonds is 5. The molecule has 0 heterocycles. The van der Waals surface area contributed by atoms with E-state index in [-0.39, 0.29) is 18.2 Å². The average Bonchev–Trinajstić information content (AvgIpc) is 2.58. The average molecular weight is 452 g/mol. The van der Waals surface area contributed by atoms with Gasteiger partial charge in [0.2, 0.25) is 0 Å². The molecule has 4 heteroatoms. The van der Waals surface area contributed by atoms with Gasteiger partial charge in [-0.1, -0.05) is 18.7 Å². The van der Waals surface area contributed by atoms with Gasteiger partial charge in [0.1, 0.15) is 11.4 Å². The molecule has 134 valence electrons. The Bertz CT molecular complexity index is 668. The molecular formula is C21H25IO3. The number of ether oxygens (including phenoxy) is 2. The van der Waals surface area contributed by atoms with Crippen LogP contribution in [0, 0.1) is 27.2 Å². The first kappa shape index (κ1) is 17.4. The van der Waals surface area contributed by atoms with Crippen LogP contribution in [0.1, 0.15) is 44.6 Å². The molecular weight excluding hydrogens is 427 g/mol. The minimum Gasteiger partial charge on any atom is -0.481 e. The highest BCUT2D eigenvalue weighted by Crippen LogP contribution is 2.59. The van der Waals surface area contributed by atoms with Crippen molar-refractivity contribution in [1.82, 2.24) is 0 Å². The van der Waals surface area contributed by atoms with Gasteiger partial charge in [-0.3, -0.25) is 0 Å². The van der Waals surface area contributed by atoms with Crippen LogP contribution in [0.4, 0.5) is 0 Å². The van der Waals surface area contributed by atoms with Gasteiger partial charge in [-0.05, 0) is 103 Å². The van der Waals surface area contributed by atoms with Gasteiger partial charge in [0.15, 0.2) is 6.61 Å². The molecule has 4 bridgehead atoms. The SMILES string of the molecule is C=Cc1ccc(OCC(=O)OC2(C)C3CC4CC(C3)CC2C4)c(I)c1. The molecule has 0 spiro atoms. The molecule has 1 aromatic carbocycles. The summed E-state index contributed by atoms with van der Waals surface area (Å²) in [5.41, 5.74) is 0.758. The van der Waals surface area contributed by atoms with Crippen molar-refractivity contribution in [1.29, 1.82) is 0 Å². The fourth-order valence-corrected chi connectivity index (χ4v) is 6.15. The summed E-state index contributed by atoms with van der Waals surface area (Å²) in [5.74, 6) is 3.31. The quantitative estimate of drug-likeness (QED) is 0.462. The minimum atomic E-state index is -0.284. The standard InChI is InChI=1S/C21H25IO3/c1-3-13-4-5-19(18(22)11-13)24-12-20(23)25-21(2)16-7-14-6-15(9-16)10-17(21)8-14/h3-5,11,14-17H,1,6-10,12H2,2H3. The Kier molecular flexibility index (Phi) is 4.59. The molecule has 5 rings (SSSR count). The number of halogens is 1. The van der Waals surface area contributed by atoms with Crippen molar-refractivity contribution in [3.8, 4) is 5.75 Å². The van der Waals surface area contributed by atoms with Crippen LogP contribution < -0.4 is 4.74 Å². The fourth-order valence-electron chi connectivity index (χ4n) is 5.46. The zero-order chi connectivity index (χ0) is 17.6. The second-order valence-corrected chi connectivity index (χ2v) is 9.31. The van der Waals surface area contributed by atoms with Crippen molar-refractivity contribution >= 4 is 34.6 Å². The van der Waals surface area contributed by atoms with Crippen LogP contribution in [0.3, 0.4) is 0 Å². The van der Waals surface area contributed by atoms with Crippen LogP contribution >= 0.6 is 22.6 Å². The Morgan fingerprint density at radius 2 is 1.88 bits per heavy atom. The lowest BCUT2D eigenvalue weighted by Crippen LogP contribution is -2.58. The Hall–Kier alpha value is -1.04. The van der Waals surface area contributed by atoms with E-state index in [0.717, 1.165) is 26.7 Å². The van der Waals surface area contributed by atoms with Gasteiger partial charge in [0.05, 0.1) is 3.57 Å². The predicted molar refractivity (Wildman–Crippen MR) is 106 cm³/mol. The van der Waals surface area contributed by atoms with E-state index in [0.29, 0.717) is 11.8 Å². The molecule has 1 aromatic rings. The zero-order valence-corrected chi connectivity index (χ0v) is 16.8. The molecule has 4 fully saturated rings. The van der Waals surface area contributed by atoms with Gasteiger partial charge >= 0.3 is 5.97 Å². The van der Waals surface area contributed by atoms with Gasteiger partial charge in [0.25, 0.3) is 0 Å². The third kappa shape index (κ3) is 3.22. The highest BCUT2D eigenvalue weighted by molar-refractivity contribution is 14.1. The topological polar surface area (TPSA) is 35.5 Å². The van der Waals surface area contributed by atoms with E-state index in [4.69, 9.17) is 9.47 Å². The summed E-state index contributed by atoms with van der Waals surface area (Å²) in [5, 5.41) is 0. The summed E-state index contributed by atoms with van der Waals surface area (Å²) in [4.78, 5) is 12.5. The molecule has 4 aliphatic rings. The van der Waals surface area contributed by atoms with Crippen LogP contribution in [-0.2, 0) is 9.53 Å². The van der Waals surface area contributed by atoms with Gasteiger partial charge in [-0.2, -0.15) is 0 Å². The first-order valence-electron chi connectivity index (χ1n) is 9.24. The Labute approximate surface area is 163 Å². The molecule has 0 atom stereocenters. The van der Waals surface area contributed by atoms with E-state index in [9.17, 15) is 4.79 Å². The maximum absolute atomic E-state index is 12.5. The first-order valence-corrected chi connectivity index (χ1v) is 10.3. The van der Waals surface area contributed by atoms with Crippen LogP contribution in [0.5, 0.6) is 5.75 Å². The van der Waals surface area contributed by atoms with Gasteiger partial charge in [-0.25, -0.2) is 4.79 Å². The third-order valence-corrected chi connectivity index (χ3v) is 7.47. The smallest absolute Gasteiger partial charge is 0.344 e. The van der Waals surface area contributed by atoms with Crippen molar-refractivity contribution < 1.29 is 14.3 Å². The summed E-state index contributed by atoms with van der Waals surface area (Å²) in [6.45, 7) is 5.91. The van der Waals surface area contributed by atoms with Crippen molar-refractivity contribution in [3.05, 3.63) is 33.9 Å². The molecule has 25 heavy (non-hydrogen) atoms.